The first-order chi connectivity index (χ1) is 13.1. The fourth-order valence-electron chi connectivity index (χ4n) is 3.15. The van der Waals surface area contributed by atoms with E-state index in [9.17, 15) is 9.59 Å². The molecule has 1 saturated heterocycles. The zero-order valence-electron chi connectivity index (χ0n) is 14.9. The average Bonchev–Trinajstić information content (AvgIpc) is 3.42. The number of hydrogen-bond donors (Lipinski definition) is 2. The third kappa shape index (κ3) is 3.72. The molecule has 3 heterocycles. The zero-order chi connectivity index (χ0) is 18.8. The summed E-state index contributed by atoms with van der Waals surface area (Å²) in [6, 6.07) is 9.24. The largest absolute Gasteiger partial charge is 0.368 e. The third-order valence-electron chi connectivity index (χ3n) is 4.62. The zero-order valence-corrected chi connectivity index (χ0v) is 15.7. The van der Waals surface area contributed by atoms with Gasteiger partial charge in [0.15, 0.2) is 0 Å². The first kappa shape index (κ1) is 17.7. The van der Waals surface area contributed by atoms with Crippen LogP contribution in [0.5, 0.6) is 0 Å². The molecule has 2 aromatic heterocycles. The summed E-state index contributed by atoms with van der Waals surface area (Å²) in [5, 5.41) is 7.65. The maximum atomic E-state index is 12.2. The molecule has 1 aliphatic rings. The van der Waals surface area contributed by atoms with Crippen LogP contribution in [0.15, 0.2) is 35.7 Å². The first-order valence-corrected chi connectivity index (χ1v) is 9.69. The maximum Gasteiger partial charge on any atom is 0.265 e. The van der Waals surface area contributed by atoms with E-state index < -0.39 is 0 Å². The molecule has 4 rings (SSSR count). The number of hydrogen-bond acceptors (Lipinski definition) is 5. The lowest BCUT2D eigenvalue weighted by molar-refractivity contribution is -0.130. The number of thiophene rings is 1. The average molecular weight is 384 g/mol. The lowest BCUT2D eigenvalue weighted by Crippen LogP contribution is -2.34. The number of rotatable bonds is 5. The summed E-state index contributed by atoms with van der Waals surface area (Å²) in [6.07, 6.45) is 1.34. The van der Waals surface area contributed by atoms with Gasteiger partial charge in [0.2, 0.25) is 5.91 Å². The second-order valence-corrected chi connectivity index (χ2v) is 7.39. The number of amides is 2. The predicted molar refractivity (Wildman–Crippen MR) is 104 cm³/mol. The van der Waals surface area contributed by atoms with Crippen molar-refractivity contribution in [2.45, 2.75) is 25.5 Å². The standard InChI is InChI=1S/C19H20N4O3S/c1-23-14-7-6-12(21-19(25)16-5-3-9-27-16)10-13(14)22-17(23)11-20-18(24)15-4-2-8-26-15/h3,5-7,9-10,15H,2,4,8,11H2,1H3,(H,20,24)(H,21,25)/t15-/m1/s1. The Morgan fingerprint density at radius 3 is 3.00 bits per heavy atom. The molecule has 27 heavy (non-hydrogen) atoms. The van der Waals surface area contributed by atoms with E-state index in [0.29, 0.717) is 23.7 Å². The van der Waals surface area contributed by atoms with Gasteiger partial charge in [-0.1, -0.05) is 6.07 Å². The second-order valence-electron chi connectivity index (χ2n) is 6.44. The van der Waals surface area contributed by atoms with Gasteiger partial charge in [0, 0.05) is 19.3 Å². The van der Waals surface area contributed by atoms with E-state index in [-0.39, 0.29) is 17.9 Å². The summed E-state index contributed by atoms with van der Waals surface area (Å²) in [6.45, 7) is 0.977. The maximum absolute atomic E-state index is 12.2. The van der Waals surface area contributed by atoms with E-state index >= 15 is 0 Å². The van der Waals surface area contributed by atoms with Gasteiger partial charge in [0.25, 0.3) is 5.91 Å². The normalized spacial score (nSPS) is 16.6. The summed E-state index contributed by atoms with van der Waals surface area (Å²) >= 11 is 1.40. The van der Waals surface area contributed by atoms with E-state index in [4.69, 9.17) is 4.74 Å². The highest BCUT2D eigenvalue weighted by molar-refractivity contribution is 7.12. The van der Waals surface area contributed by atoms with E-state index in [1.807, 2.05) is 41.3 Å². The number of aryl methyl sites for hydroxylation is 1. The number of aromatic nitrogens is 2. The fraction of sp³-hybridized carbons (Fsp3) is 0.316. The van der Waals surface area contributed by atoms with Crippen molar-refractivity contribution in [1.82, 2.24) is 14.9 Å². The van der Waals surface area contributed by atoms with Crippen molar-refractivity contribution in [3.63, 3.8) is 0 Å². The van der Waals surface area contributed by atoms with Gasteiger partial charge in [-0.05, 0) is 42.5 Å². The van der Waals surface area contributed by atoms with Gasteiger partial charge in [-0.25, -0.2) is 4.98 Å². The Bertz CT molecular complexity index is 974. The summed E-state index contributed by atoms with van der Waals surface area (Å²) < 4.78 is 7.34. The Hall–Kier alpha value is -2.71. The van der Waals surface area contributed by atoms with Crippen molar-refractivity contribution in [3.8, 4) is 0 Å². The van der Waals surface area contributed by atoms with Gasteiger partial charge in [0.1, 0.15) is 11.9 Å². The third-order valence-corrected chi connectivity index (χ3v) is 5.49. The molecule has 8 heteroatoms. The highest BCUT2D eigenvalue weighted by Gasteiger charge is 2.23. The number of benzene rings is 1. The van der Waals surface area contributed by atoms with Crippen LogP contribution in [0, 0.1) is 0 Å². The SMILES string of the molecule is Cn1c(CNC(=O)[C@H]2CCCO2)nc2cc(NC(=O)c3cccs3)ccc21. The number of fused-ring (bicyclic) bond motifs is 1. The number of carbonyl (C=O) groups is 2. The van der Waals surface area contributed by atoms with Crippen LogP contribution in [-0.2, 0) is 23.1 Å². The number of carbonyl (C=O) groups excluding carboxylic acids is 2. The van der Waals surface area contributed by atoms with Crippen LogP contribution >= 0.6 is 11.3 Å². The molecule has 0 spiro atoms. The lowest BCUT2D eigenvalue weighted by atomic mass is 10.2. The van der Waals surface area contributed by atoms with Gasteiger partial charge < -0.3 is 19.9 Å². The molecule has 0 unspecified atom stereocenters. The molecule has 0 bridgehead atoms. The number of nitrogens with one attached hydrogen (secondary N) is 2. The molecule has 140 valence electrons. The highest BCUT2D eigenvalue weighted by Crippen LogP contribution is 2.21. The van der Waals surface area contributed by atoms with Crippen LogP contribution in [0.4, 0.5) is 5.69 Å². The Morgan fingerprint density at radius 2 is 2.26 bits per heavy atom. The van der Waals surface area contributed by atoms with E-state index in [1.165, 1.54) is 11.3 Å². The van der Waals surface area contributed by atoms with E-state index in [2.05, 4.69) is 15.6 Å². The minimum Gasteiger partial charge on any atom is -0.368 e. The molecule has 0 aliphatic carbocycles. The lowest BCUT2D eigenvalue weighted by Gasteiger charge is -2.10. The van der Waals surface area contributed by atoms with Crippen LogP contribution in [0.3, 0.4) is 0 Å². The number of nitrogens with zero attached hydrogens (tertiary/aromatic N) is 2. The minimum atomic E-state index is -0.348. The van der Waals surface area contributed by atoms with Crippen molar-refractivity contribution in [2.24, 2.45) is 7.05 Å². The molecule has 1 atom stereocenters. The second kappa shape index (κ2) is 7.50. The van der Waals surface area contributed by atoms with Gasteiger partial charge in [-0.15, -0.1) is 11.3 Å². The van der Waals surface area contributed by atoms with Crippen LogP contribution in [-0.4, -0.2) is 34.1 Å². The molecule has 3 aromatic rings. The minimum absolute atomic E-state index is 0.0940. The Morgan fingerprint density at radius 1 is 1.37 bits per heavy atom. The molecule has 1 aromatic carbocycles. The van der Waals surface area contributed by atoms with E-state index in [1.54, 1.807) is 6.07 Å². The van der Waals surface area contributed by atoms with Crippen LogP contribution in [0.25, 0.3) is 11.0 Å². The number of imidazole rings is 1. The van der Waals surface area contributed by atoms with E-state index in [0.717, 1.165) is 29.7 Å². The fourth-order valence-corrected chi connectivity index (χ4v) is 3.77. The Labute approximate surface area is 160 Å². The summed E-state index contributed by atoms with van der Waals surface area (Å²) in [7, 11) is 1.91. The van der Waals surface area contributed by atoms with Crippen LogP contribution < -0.4 is 10.6 Å². The molecule has 1 aliphatic heterocycles. The van der Waals surface area contributed by atoms with Crippen molar-refractivity contribution in [2.75, 3.05) is 11.9 Å². The number of ether oxygens (including phenoxy) is 1. The van der Waals surface area contributed by atoms with Crippen molar-refractivity contribution >= 4 is 39.9 Å². The molecule has 7 nitrogen and oxygen atoms in total. The first-order valence-electron chi connectivity index (χ1n) is 8.81. The smallest absolute Gasteiger partial charge is 0.265 e. The quantitative estimate of drug-likeness (QED) is 0.708. The van der Waals surface area contributed by atoms with Crippen LogP contribution in [0.1, 0.15) is 28.3 Å². The Balaban J connectivity index is 1.47. The molecular formula is C19H20N4O3S. The summed E-state index contributed by atoms with van der Waals surface area (Å²) in [5.74, 6) is 0.519. The van der Waals surface area contributed by atoms with Gasteiger partial charge in [0.05, 0.1) is 22.5 Å². The van der Waals surface area contributed by atoms with Gasteiger partial charge in [-0.2, -0.15) is 0 Å². The highest BCUT2D eigenvalue weighted by atomic mass is 32.1. The summed E-state index contributed by atoms with van der Waals surface area (Å²) in [5.41, 5.74) is 2.39. The molecule has 2 amide bonds. The van der Waals surface area contributed by atoms with Gasteiger partial charge >= 0.3 is 0 Å². The topological polar surface area (TPSA) is 85.2 Å². The van der Waals surface area contributed by atoms with Crippen molar-refractivity contribution in [3.05, 3.63) is 46.4 Å². The Kier molecular flexibility index (Phi) is 4.91. The van der Waals surface area contributed by atoms with Gasteiger partial charge in [-0.3, -0.25) is 9.59 Å². The number of anilines is 1. The predicted octanol–water partition coefficient (Wildman–Crippen LogP) is 2.68. The van der Waals surface area contributed by atoms with Crippen LogP contribution in [0.2, 0.25) is 0 Å². The molecule has 0 radical (unpaired) electrons. The van der Waals surface area contributed by atoms with Crippen molar-refractivity contribution < 1.29 is 14.3 Å². The molecular weight excluding hydrogens is 364 g/mol. The van der Waals surface area contributed by atoms with Crippen molar-refractivity contribution in [1.29, 1.82) is 0 Å². The molecule has 2 N–H and O–H groups in total. The summed E-state index contributed by atoms with van der Waals surface area (Å²) in [4.78, 5) is 29.6. The molecule has 1 fully saturated rings. The molecule has 0 saturated carbocycles. The monoisotopic (exact) mass is 384 g/mol.